The summed E-state index contributed by atoms with van der Waals surface area (Å²) >= 11 is 0. The summed E-state index contributed by atoms with van der Waals surface area (Å²) in [6, 6.07) is -0.491. The fourth-order valence-electron chi connectivity index (χ4n) is 2.88. The predicted octanol–water partition coefficient (Wildman–Crippen LogP) is 0.257. The van der Waals surface area contributed by atoms with Gasteiger partial charge in [-0.25, -0.2) is 0 Å². The molecule has 1 saturated carbocycles. The lowest BCUT2D eigenvalue weighted by atomic mass is 9.78. The van der Waals surface area contributed by atoms with E-state index in [4.69, 9.17) is 0 Å². The van der Waals surface area contributed by atoms with E-state index in [9.17, 15) is 14.4 Å². The monoisotopic (exact) mass is 268 g/mol. The lowest BCUT2D eigenvalue weighted by molar-refractivity contribution is -0.143. The molecule has 1 atom stereocenters. The van der Waals surface area contributed by atoms with Gasteiger partial charge in [0.25, 0.3) is 0 Å². The zero-order chi connectivity index (χ0) is 13.9. The Morgan fingerprint density at radius 3 is 2.63 bits per heavy atom. The molecule has 6 heteroatoms. The van der Waals surface area contributed by atoms with Crippen LogP contribution in [0.4, 0.5) is 0 Å². The molecule has 6 nitrogen and oxygen atoms in total. The fourth-order valence-corrected chi connectivity index (χ4v) is 2.88. The highest BCUT2D eigenvalue weighted by Gasteiger charge is 2.46. The predicted molar refractivity (Wildman–Crippen MR) is 67.1 cm³/mol. The molecular formula is C13H20N2O4. The van der Waals surface area contributed by atoms with Crippen molar-refractivity contribution < 1.29 is 19.1 Å². The molecule has 2 N–H and O–H groups in total. The first-order valence-corrected chi connectivity index (χ1v) is 6.77. The number of hydrogen-bond donors (Lipinski definition) is 2. The molecule has 0 aromatic carbocycles. The molecule has 0 unspecified atom stereocenters. The first-order valence-electron chi connectivity index (χ1n) is 6.77. The van der Waals surface area contributed by atoms with Crippen molar-refractivity contribution >= 4 is 17.8 Å². The maximum Gasteiger partial charge on any atom is 0.305 e. The first-order chi connectivity index (χ1) is 9.07. The average Bonchev–Trinajstić information content (AvgIpc) is 2.42. The standard InChI is InChI=1S/C13H20N2O4/c1-19-10(16)6-5-9-11(17)14-12(18)13(15-9)7-3-2-4-8-13/h9,15H,2-8H2,1H3,(H,14,17,18)/t9-/m0/s1. The highest BCUT2D eigenvalue weighted by molar-refractivity contribution is 6.05. The van der Waals surface area contributed by atoms with E-state index in [1.54, 1.807) is 0 Å². The van der Waals surface area contributed by atoms with E-state index in [-0.39, 0.29) is 24.2 Å². The number of rotatable bonds is 3. The van der Waals surface area contributed by atoms with Crippen LogP contribution in [0.1, 0.15) is 44.9 Å². The minimum Gasteiger partial charge on any atom is -0.469 e. The number of hydrogen-bond acceptors (Lipinski definition) is 5. The number of ether oxygens (including phenoxy) is 1. The summed E-state index contributed by atoms with van der Waals surface area (Å²) in [5.74, 6) is -0.902. The molecule has 1 spiro atoms. The van der Waals surface area contributed by atoms with Crippen molar-refractivity contribution in [3.05, 3.63) is 0 Å². The number of nitrogens with one attached hydrogen (secondary N) is 2. The highest BCUT2D eigenvalue weighted by atomic mass is 16.5. The summed E-state index contributed by atoms with van der Waals surface area (Å²) in [7, 11) is 1.32. The normalized spacial score (nSPS) is 26.1. The second-order valence-corrected chi connectivity index (χ2v) is 5.27. The molecule has 2 fully saturated rings. The molecule has 19 heavy (non-hydrogen) atoms. The highest BCUT2D eigenvalue weighted by Crippen LogP contribution is 2.31. The number of carbonyl (C=O) groups excluding carboxylic acids is 3. The van der Waals surface area contributed by atoms with Gasteiger partial charge in [-0.3, -0.25) is 25.0 Å². The van der Waals surface area contributed by atoms with Crippen molar-refractivity contribution in [3.8, 4) is 0 Å². The van der Waals surface area contributed by atoms with Gasteiger partial charge in [0.15, 0.2) is 0 Å². The molecule has 0 aromatic heterocycles. The Morgan fingerprint density at radius 2 is 2.00 bits per heavy atom. The lowest BCUT2D eigenvalue weighted by Gasteiger charge is -2.42. The summed E-state index contributed by atoms with van der Waals surface area (Å²) in [4.78, 5) is 35.0. The maximum atomic E-state index is 12.0. The summed E-state index contributed by atoms with van der Waals surface area (Å²) in [5.41, 5.74) is -0.618. The second kappa shape index (κ2) is 5.69. The molecule has 106 valence electrons. The van der Waals surface area contributed by atoms with Gasteiger partial charge in [-0.05, 0) is 19.3 Å². The van der Waals surface area contributed by atoms with Crippen LogP contribution >= 0.6 is 0 Å². The number of piperazine rings is 1. The molecule has 2 rings (SSSR count). The molecular weight excluding hydrogens is 248 g/mol. The number of methoxy groups -OCH3 is 1. The fraction of sp³-hybridized carbons (Fsp3) is 0.769. The molecule has 0 aromatic rings. The Hall–Kier alpha value is -1.43. The molecule has 1 saturated heterocycles. The largest absolute Gasteiger partial charge is 0.469 e. The SMILES string of the molecule is COC(=O)CC[C@@H]1NC2(CCCCC2)C(=O)NC1=O. The summed E-state index contributed by atoms with van der Waals surface area (Å²) in [6.07, 6.45) is 5.12. The first kappa shape index (κ1) is 14.0. The van der Waals surface area contributed by atoms with Gasteiger partial charge < -0.3 is 4.74 Å². The number of amides is 2. The van der Waals surface area contributed by atoms with E-state index in [1.165, 1.54) is 7.11 Å². The van der Waals surface area contributed by atoms with Crippen molar-refractivity contribution in [2.75, 3.05) is 7.11 Å². The van der Waals surface area contributed by atoms with Gasteiger partial charge in [-0.1, -0.05) is 19.3 Å². The van der Waals surface area contributed by atoms with Crippen LogP contribution in [0, 0.1) is 0 Å². The van der Waals surface area contributed by atoms with Crippen molar-refractivity contribution in [2.24, 2.45) is 0 Å². The van der Waals surface area contributed by atoms with Gasteiger partial charge in [-0.2, -0.15) is 0 Å². The number of esters is 1. The Morgan fingerprint density at radius 1 is 1.32 bits per heavy atom. The number of imide groups is 1. The van der Waals surface area contributed by atoms with Crippen LogP contribution in [0.5, 0.6) is 0 Å². The topological polar surface area (TPSA) is 84.5 Å². The molecule has 1 aliphatic carbocycles. The van der Waals surface area contributed by atoms with Crippen molar-refractivity contribution in [2.45, 2.75) is 56.5 Å². The van der Waals surface area contributed by atoms with Gasteiger partial charge in [0.1, 0.15) is 0 Å². The van der Waals surface area contributed by atoms with Crippen LogP contribution in [-0.4, -0.2) is 36.5 Å². The summed E-state index contributed by atoms with van der Waals surface area (Å²) < 4.78 is 4.57. The van der Waals surface area contributed by atoms with Crippen LogP contribution in [0.2, 0.25) is 0 Å². The maximum absolute atomic E-state index is 12.0. The minimum absolute atomic E-state index is 0.172. The Labute approximate surface area is 112 Å². The smallest absolute Gasteiger partial charge is 0.305 e. The molecule has 1 heterocycles. The lowest BCUT2D eigenvalue weighted by Crippen LogP contribution is -2.70. The number of carbonyl (C=O) groups is 3. The minimum atomic E-state index is -0.618. The van der Waals surface area contributed by atoms with Crippen LogP contribution < -0.4 is 10.6 Å². The van der Waals surface area contributed by atoms with Gasteiger partial charge in [0.05, 0.1) is 18.7 Å². The Kier molecular flexibility index (Phi) is 4.19. The van der Waals surface area contributed by atoms with E-state index in [0.717, 1.165) is 32.1 Å². The molecule has 2 amide bonds. The van der Waals surface area contributed by atoms with Gasteiger partial charge >= 0.3 is 5.97 Å². The van der Waals surface area contributed by atoms with E-state index < -0.39 is 11.6 Å². The van der Waals surface area contributed by atoms with Crippen LogP contribution in [0.25, 0.3) is 0 Å². The van der Waals surface area contributed by atoms with Crippen molar-refractivity contribution in [1.29, 1.82) is 0 Å². The third-order valence-corrected chi connectivity index (χ3v) is 4.01. The van der Waals surface area contributed by atoms with Crippen LogP contribution in [0.15, 0.2) is 0 Å². The van der Waals surface area contributed by atoms with Gasteiger partial charge in [0.2, 0.25) is 11.8 Å². The van der Waals surface area contributed by atoms with Crippen LogP contribution in [0.3, 0.4) is 0 Å². The quantitative estimate of drug-likeness (QED) is 0.566. The van der Waals surface area contributed by atoms with Crippen molar-refractivity contribution in [1.82, 2.24) is 10.6 Å². The molecule has 0 bridgehead atoms. The van der Waals surface area contributed by atoms with E-state index >= 15 is 0 Å². The van der Waals surface area contributed by atoms with Gasteiger partial charge in [-0.15, -0.1) is 0 Å². The van der Waals surface area contributed by atoms with Crippen molar-refractivity contribution in [3.63, 3.8) is 0 Å². The molecule has 2 aliphatic rings. The summed E-state index contributed by atoms with van der Waals surface area (Å²) in [5, 5.41) is 5.62. The zero-order valence-corrected chi connectivity index (χ0v) is 11.2. The third kappa shape index (κ3) is 2.94. The Bertz CT molecular complexity index is 388. The van der Waals surface area contributed by atoms with E-state index in [2.05, 4.69) is 15.4 Å². The van der Waals surface area contributed by atoms with Gasteiger partial charge in [0, 0.05) is 6.42 Å². The second-order valence-electron chi connectivity index (χ2n) is 5.27. The van der Waals surface area contributed by atoms with Crippen LogP contribution in [-0.2, 0) is 19.1 Å². The Balaban J connectivity index is 2.01. The van der Waals surface area contributed by atoms with E-state index in [1.807, 2.05) is 0 Å². The average molecular weight is 268 g/mol. The zero-order valence-electron chi connectivity index (χ0n) is 11.2. The molecule has 1 aliphatic heterocycles. The summed E-state index contributed by atoms with van der Waals surface area (Å²) in [6.45, 7) is 0. The van der Waals surface area contributed by atoms with E-state index in [0.29, 0.717) is 6.42 Å². The third-order valence-electron chi connectivity index (χ3n) is 4.01. The molecule has 0 radical (unpaired) electrons.